The number of hydrogen-bond acceptors (Lipinski definition) is 7. The van der Waals surface area contributed by atoms with Gasteiger partial charge in [-0.2, -0.15) is 0 Å². The molecule has 1 aliphatic heterocycles. The molecule has 0 radical (unpaired) electrons. The van der Waals surface area contributed by atoms with Crippen LogP contribution in [0.3, 0.4) is 0 Å². The maximum absolute atomic E-state index is 12.9. The lowest BCUT2D eigenvalue weighted by Crippen LogP contribution is -2.37. The maximum Gasteiger partial charge on any atom is 0.257 e. The van der Waals surface area contributed by atoms with Gasteiger partial charge in [0.25, 0.3) is 5.56 Å². The Hall–Kier alpha value is -4.59. The summed E-state index contributed by atoms with van der Waals surface area (Å²) in [6.45, 7) is 1.79. The van der Waals surface area contributed by atoms with Gasteiger partial charge in [0.05, 0.1) is 7.11 Å². The number of aromatic nitrogens is 2. The molecule has 8 nitrogen and oxygen atoms in total. The number of aryl methyl sites for hydroxylation is 1. The Kier molecular flexibility index (Phi) is 5.70. The summed E-state index contributed by atoms with van der Waals surface area (Å²) in [7, 11) is 1.62. The molecule has 0 bridgehead atoms. The lowest BCUT2D eigenvalue weighted by molar-refractivity contribution is 0.415. The van der Waals surface area contributed by atoms with E-state index in [0.717, 1.165) is 22.7 Å². The van der Waals surface area contributed by atoms with Gasteiger partial charge in [-0.1, -0.05) is 30.3 Å². The molecule has 1 aromatic heterocycles. The van der Waals surface area contributed by atoms with Crippen molar-refractivity contribution in [3.8, 4) is 17.2 Å². The number of nitrogens with one attached hydrogen (secondary N) is 2. The number of benzene rings is 3. The molecule has 0 unspecified atom stereocenters. The first kappa shape index (κ1) is 21.3. The van der Waals surface area contributed by atoms with Crippen LogP contribution in [-0.2, 0) is 0 Å². The number of aliphatic imine (C=N–C) groups is 1. The lowest BCUT2D eigenvalue weighted by atomic mass is 10.1. The first-order valence-electron chi connectivity index (χ1n) is 10.8. The summed E-state index contributed by atoms with van der Waals surface area (Å²) in [5, 5.41) is 6.40. The fourth-order valence-electron chi connectivity index (χ4n) is 3.71. The van der Waals surface area contributed by atoms with Crippen LogP contribution in [0, 0.1) is 6.92 Å². The molecule has 0 spiro atoms. The molecule has 0 amide bonds. The van der Waals surface area contributed by atoms with Crippen molar-refractivity contribution in [1.82, 2.24) is 9.55 Å². The standard InChI is InChI=1S/C26H23N5O3/c1-17-15-23(32)31-24(18-7-6-10-22(16-18)34-21-8-4-3-5-9-21)29-25(30-26(31)27-17)28-19-11-13-20(33-2)14-12-19/h3-16,24H,1-2H3,(H2,27,28,29,30)/t24-/m1/s1. The maximum atomic E-state index is 12.9. The van der Waals surface area contributed by atoms with E-state index >= 15 is 0 Å². The largest absolute Gasteiger partial charge is 0.497 e. The Morgan fingerprint density at radius 3 is 2.44 bits per heavy atom. The second kappa shape index (κ2) is 9.11. The highest BCUT2D eigenvalue weighted by Crippen LogP contribution is 2.30. The molecule has 8 heteroatoms. The second-order valence-corrected chi connectivity index (χ2v) is 7.75. The van der Waals surface area contributed by atoms with Gasteiger partial charge in [-0.15, -0.1) is 0 Å². The van der Waals surface area contributed by atoms with Crippen molar-refractivity contribution in [2.45, 2.75) is 13.1 Å². The van der Waals surface area contributed by atoms with Crippen LogP contribution in [0.4, 0.5) is 11.6 Å². The number of methoxy groups -OCH3 is 1. The predicted octanol–water partition coefficient (Wildman–Crippen LogP) is 4.79. The summed E-state index contributed by atoms with van der Waals surface area (Å²) >= 11 is 0. The van der Waals surface area contributed by atoms with Gasteiger partial charge in [0.2, 0.25) is 11.9 Å². The molecular formula is C26H23N5O3. The normalized spacial score (nSPS) is 14.4. The van der Waals surface area contributed by atoms with Gasteiger partial charge in [0, 0.05) is 23.0 Å². The van der Waals surface area contributed by atoms with Crippen molar-refractivity contribution in [3.63, 3.8) is 0 Å². The third-order valence-corrected chi connectivity index (χ3v) is 5.29. The molecule has 3 aromatic carbocycles. The Morgan fingerprint density at radius 2 is 1.68 bits per heavy atom. The fraction of sp³-hybridized carbons (Fsp3) is 0.115. The van der Waals surface area contributed by atoms with Gasteiger partial charge in [-0.05, 0) is 55.5 Å². The van der Waals surface area contributed by atoms with E-state index in [2.05, 4.69) is 15.6 Å². The Morgan fingerprint density at radius 1 is 0.912 bits per heavy atom. The zero-order chi connectivity index (χ0) is 23.5. The van der Waals surface area contributed by atoms with Gasteiger partial charge in [-0.25, -0.2) is 9.98 Å². The van der Waals surface area contributed by atoms with Gasteiger partial charge in [0.15, 0.2) is 6.17 Å². The Balaban J connectivity index is 1.52. The van der Waals surface area contributed by atoms with E-state index in [9.17, 15) is 4.79 Å². The molecule has 34 heavy (non-hydrogen) atoms. The molecule has 170 valence electrons. The first-order chi connectivity index (χ1) is 16.6. The smallest absolute Gasteiger partial charge is 0.257 e. The van der Waals surface area contributed by atoms with E-state index in [1.165, 1.54) is 10.6 Å². The molecule has 0 saturated heterocycles. The number of anilines is 2. The number of guanidine groups is 1. The molecule has 5 rings (SSSR count). The number of ether oxygens (including phenoxy) is 2. The third-order valence-electron chi connectivity index (χ3n) is 5.29. The molecule has 1 aliphatic rings. The van der Waals surface area contributed by atoms with Crippen LogP contribution < -0.4 is 25.7 Å². The summed E-state index contributed by atoms with van der Waals surface area (Å²) in [4.78, 5) is 22.3. The van der Waals surface area contributed by atoms with E-state index in [4.69, 9.17) is 14.5 Å². The average Bonchev–Trinajstić information content (AvgIpc) is 2.84. The number of fused-ring (bicyclic) bond motifs is 1. The fourth-order valence-corrected chi connectivity index (χ4v) is 3.71. The van der Waals surface area contributed by atoms with E-state index in [1.807, 2.05) is 78.9 Å². The van der Waals surface area contributed by atoms with Crippen molar-refractivity contribution < 1.29 is 9.47 Å². The zero-order valence-corrected chi connectivity index (χ0v) is 18.7. The molecule has 0 saturated carbocycles. The molecular weight excluding hydrogens is 430 g/mol. The van der Waals surface area contributed by atoms with E-state index in [-0.39, 0.29) is 5.56 Å². The number of rotatable bonds is 5. The molecule has 4 aromatic rings. The topological polar surface area (TPSA) is 89.8 Å². The number of nitrogens with zero attached hydrogens (tertiary/aromatic N) is 3. The van der Waals surface area contributed by atoms with Crippen LogP contribution >= 0.6 is 0 Å². The summed E-state index contributed by atoms with van der Waals surface area (Å²) in [5.41, 5.74) is 2.03. The van der Waals surface area contributed by atoms with Gasteiger partial charge < -0.3 is 14.8 Å². The van der Waals surface area contributed by atoms with Crippen molar-refractivity contribution in [3.05, 3.63) is 107 Å². The first-order valence-corrected chi connectivity index (χ1v) is 10.8. The highest BCUT2D eigenvalue weighted by Gasteiger charge is 2.25. The molecule has 0 aliphatic carbocycles. The minimum absolute atomic E-state index is 0.193. The van der Waals surface area contributed by atoms with Crippen molar-refractivity contribution >= 4 is 17.6 Å². The summed E-state index contributed by atoms with van der Waals surface area (Å²) in [6, 6.07) is 26.1. The lowest BCUT2D eigenvalue weighted by Gasteiger charge is -2.27. The van der Waals surface area contributed by atoms with Gasteiger partial charge >= 0.3 is 0 Å². The van der Waals surface area contributed by atoms with Crippen LogP contribution in [0.15, 0.2) is 94.7 Å². The van der Waals surface area contributed by atoms with Crippen molar-refractivity contribution in [1.29, 1.82) is 0 Å². The van der Waals surface area contributed by atoms with E-state index in [0.29, 0.717) is 23.4 Å². The second-order valence-electron chi connectivity index (χ2n) is 7.75. The van der Waals surface area contributed by atoms with Crippen LogP contribution in [0.25, 0.3) is 0 Å². The van der Waals surface area contributed by atoms with Gasteiger partial charge in [0.1, 0.15) is 17.2 Å². The summed E-state index contributed by atoms with van der Waals surface area (Å²) < 4.78 is 12.8. The van der Waals surface area contributed by atoms with Crippen molar-refractivity contribution in [2.24, 2.45) is 4.99 Å². The Bertz CT molecular complexity index is 1400. The molecule has 0 fully saturated rings. The quantitative estimate of drug-likeness (QED) is 0.452. The van der Waals surface area contributed by atoms with E-state index in [1.54, 1.807) is 14.0 Å². The van der Waals surface area contributed by atoms with Crippen molar-refractivity contribution in [2.75, 3.05) is 17.7 Å². The van der Waals surface area contributed by atoms with Crippen LogP contribution in [0.5, 0.6) is 17.2 Å². The van der Waals surface area contributed by atoms with Gasteiger partial charge in [-0.3, -0.25) is 14.7 Å². The number of hydrogen-bond donors (Lipinski definition) is 2. The molecule has 2 N–H and O–H groups in total. The molecule has 2 heterocycles. The predicted molar refractivity (Wildman–Crippen MR) is 132 cm³/mol. The van der Waals surface area contributed by atoms with E-state index < -0.39 is 6.17 Å². The zero-order valence-electron chi connectivity index (χ0n) is 18.7. The summed E-state index contributed by atoms with van der Waals surface area (Å²) in [5.74, 6) is 3.02. The average molecular weight is 454 g/mol. The minimum Gasteiger partial charge on any atom is -0.497 e. The number of para-hydroxylation sites is 1. The van der Waals surface area contributed by atoms with Crippen LogP contribution in [0.1, 0.15) is 17.4 Å². The monoisotopic (exact) mass is 453 g/mol. The highest BCUT2D eigenvalue weighted by atomic mass is 16.5. The Labute approximate surface area is 196 Å². The molecule has 1 atom stereocenters. The third kappa shape index (κ3) is 4.47. The minimum atomic E-state index is -0.628. The van der Waals surface area contributed by atoms with Crippen LogP contribution in [-0.4, -0.2) is 22.6 Å². The highest BCUT2D eigenvalue weighted by molar-refractivity contribution is 6.03. The van der Waals surface area contributed by atoms with Crippen LogP contribution in [0.2, 0.25) is 0 Å². The SMILES string of the molecule is COc1ccc(NC2=N[C@@H](c3cccc(Oc4ccccc4)c3)n3c(nc(C)cc3=O)N2)cc1. The summed E-state index contributed by atoms with van der Waals surface area (Å²) in [6.07, 6.45) is -0.628.